The van der Waals surface area contributed by atoms with Crippen molar-refractivity contribution in [1.29, 1.82) is 0 Å². The Bertz CT molecular complexity index is 1200. The third-order valence-electron chi connectivity index (χ3n) is 4.90. The molecular formula is C24H24N4O2S2. The monoisotopic (exact) mass is 464 g/mol. The summed E-state index contributed by atoms with van der Waals surface area (Å²) in [4.78, 5) is 13.6. The molecule has 2 aromatic heterocycles. The maximum atomic E-state index is 12.6. The van der Waals surface area contributed by atoms with Crippen LogP contribution in [-0.2, 0) is 4.79 Å². The molecule has 0 unspecified atom stereocenters. The summed E-state index contributed by atoms with van der Waals surface area (Å²) >= 11 is 2.96. The van der Waals surface area contributed by atoms with Crippen molar-refractivity contribution in [2.24, 2.45) is 0 Å². The molecular weight excluding hydrogens is 440 g/mol. The normalized spacial score (nSPS) is 10.8. The molecule has 0 fully saturated rings. The minimum Gasteiger partial charge on any atom is -0.494 e. The minimum absolute atomic E-state index is 0.0860. The first-order valence-corrected chi connectivity index (χ1v) is 12.1. The number of carbonyl (C=O) groups is 1. The predicted octanol–water partition coefficient (Wildman–Crippen LogP) is 5.74. The highest BCUT2D eigenvalue weighted by atomic mass is 32.2. The number of hydrogen-bond acceptors (Lipinski definition) is 6. The first-order chi connectivity index (χ1) is 15.5. The van der Waals surface area contributed by atoms with Crippen LogP contribution >= 0.6 is 23.1 Å². The van der Waals surface area contributed by atoms with Gasteiger partial charge >= 0.3 is 0 Å². The van der Waals surface area contributed by atoms with E-state index in [4.69, 9.17) is 4.74 Å². The Kier molecular flexibility index (Phi) is 6.92. The fourth-order valence-corrected chi connectivity index (χ4v) is 4.62. The van der Waals surface area contributed by atoms with Gasteiger partial charge in [-0.15, -0.1) is 21.5 Å². The molecule has 32 heavy (non-hydrogen) atoms. The van der Waals surface area contributed by atoms with Gasteiger partial charge in [-0.3, -0.25) is 9.36 Å². The van der Waals surface area contributed by atoms with Crippen LogP contribution in [0.1, 0.15) is 18.1 Å². The SMILES string of the molecule is CCOc1ccc(-n2c(SCC(=O)Nc3ccc(C)c(C)c3)nnc2-c2cccs2)cc1. The van der Waals surface area contributed by atoms with E-state index < -0.39 is 0 Å². The summed E-state index contributed by atoms with van der Waals surface area (Å²) in [7, 11) is 0. The number of hydrogen-bond donors (Lipinski definition) is 1. The van der Waals surface area contributed by atoms with E-state index in [2.05, 4.69) is 22.4 Å². The van der Waals surface area contributed by atoms with Crippen molar-refractivity contribution < 1.29 is 9.53 Å². The van der Waals surface area contributed by atoms with Gasteiger partial charge in [0.05, 0.1) is 22.9 Å². The smallest absolute Gasteiger partial charge is 0.234 e. The molecule has 2 heterocycles. The van der Waals surface area contributed by atoms with Gasteiger partial charge < -0.3 is 10.1 Å². The van der Waals surface area contributed by atoms with E-state index in [0.717, 1.165) is 33.4 Å². The number of aryl methyl sites for hydroxylation is 2. The number of nitrogens with zero attached hydrogens (tertiary/aromatic N) is 3. The van der Waals surface area contributed by atoms with Gasteiger partial charge in [0, 0.05) is 5.69 Å². The summed E-state index contributed by atoms with van der Waals surface area (Å²) in [5.41, 5.74) is 4.05. The molecule has 0 saturated carbocycles. The second-order valence-corrected chi connectivity index (χ2v) is 9.07. The fourth-order valence-electron chi connectivity index (χ4n) is 3.17. The van der Waals surface area contributed by atoms with Crippen LogP contribution in [0.3, 0.4) is 0 Å². The lowest BCUT2D eigenvalue weighted by molar-refractivity contribution is -0.113. The van der Waals surface area contributed by atoms with Crippen molar-refractivity contribution >= 4 is 34.7 Å². The lowest BCUT2D eigenvalue weighted by atomic mass is 10.1. The predicted molar refractivity (Wildman–Crippen MR) is 131 cm³/mol. The Balaban J connectivity index is 1.55. The van der Waals surface area contributed by atoms with Gasteiger partial charge in [0.1, 0.15) is 5.75 Å². The van der Waals surface area contributed by atoms with Crippen molar-refractivity contribution in [3.8, 4) is 22.1 Å². The minimum atomic E-state index is -0.0860. The molecule has 0 aliphatic heterocycles. The molecule has 4 aromatic rings. The van der Waals surface area contributed by atoms with E-state index in [9.17, 15) is 4.79 Å². The summed E-state index contributed by atoms with van der Waals surface area (Å²) < 4.78 is 7.55. The number of ether oxygens (including phenoxy) is 1. The lowest BCUT2D eigenvalue weighted by Crippen LogP contribution is -2.14. The van der Waals surface area contributed by atoms with Crippen LogP contribution in [0, 0.1) is 13.8 Å². The van der Waals surface area contributed by atoms with E-state index in [1.165, 1.54) is 17.3 Å². The zero-order valence-electron chi connectivity index (χ0n) is 18.2. The average molecular weight is 465 g/mol. The van der Waals surface area contributed by atoms with Crippen LogP contribution < -0.4 is 10.1 Å². The molecule has 0 bridgehead atoms. The van der Waals surface area contributed by atoms with Crippen molar-refractivity contribution in [2.45, 2.75) is 25.9 Å². The molecule has 0 spiro atoms. The second kappa shape index (κ2) is 10.0. The van der Waals surface area contributed by atoms with Gasteiger partial charge in [-0.05, 0) is 79.7 Å². The van der Waals surface area contributed by atoms with Crippen molar-refractivity contribution in [2.75, 3.05) is 17.7 Å². The number of anilines is 1. The molecule has 0 aliphatic carbocycles. The van der Waals surface area contributed by atoms with E-state index >= 15 is 0 Å². The number of thiophene rings is 1. The molecule has 164 valence electrons. The highest BCUT2D eigenvalue weighted by Gasteiger charge is 2.18. The maximum absolute atomic E-state index is 12.6. The standard InChI is InChI=1S/C24H24N4O2S2/c1-4-30-20-11-9-19(10-12-20)28-23(21-6-5-13-31-21)26-27-24(28)32-15-22(29)25-18-8-7-16(2)17(3)14-18/h5-14H,4,15H2,1-3H3,(H,25,29). The van der Waals surface area contributed by atoms with Crippen LogP contribution in [0.2, 0.25) is 0 Å². The number of nitrogens with one attached hydrogen (secondary N) is 1. The molecule has 0 aliphatic rings. The zero-order chi connectivity index (χ0) is 22.5. The molecule has 0 radical (unpaired) electrons. The fraction of sp³-hybridized carbons (Fsp3) is 0.208. The lowest BCUT2D eigenvalue weighted by Gasteiger charge is -2.11. The zero-order valence-corrected chi connectivity index (χ0v) is 19.8. The second-order valence-electron chi connectivity index (χ2n) is 7.18. The Labute approximate surface area is 195 Å². The van der Waals surface area contributed by atoms with Gasteiger partial charge in [0.15, 0.2) is 11.0 Å². The highest BCUT2D eigenvalue weighted by molar-refractivity contribution is 7.99. The molecule has 0 saturated heterocycles. The maximum Gasteiger partial charge on any atom is 0.234 e. The van der Waals surface area contributed by atoms with Gasteiger partial charge in [-0.25, -0.2) is 0 Å². The molecule has 0 atom stereocenters. The van der Waals surface area contributed by atoms with E-state index in [-0.39, 0.29) is 11.7 Å². The molecule has 6 nitrogen and oxygen atoms in total. The Hall–Kier alpha value is -3.10. The first kappa shape index (κ1) is 22.1. The van der Waals surface area contributed by atoms with Crippen LogP contribution in [0.15, 0.2) is 65.1 Å². The third-order valence-corrected chi connectivity index (χ3v) is 6.70. The number of aromatic nitrogens is 3. The van der Waals surface area contributed by atoms with Crippen molar-refractivity contribution in [3.63, 3.8) is 0 Å². The summed E-state index contributed by atoms with van der Waals surface area (Å²) in [6.45, 7) is 6.66. The van der Waals surface area contributed by atoms with Crippen LogP contribution in [-0.4, -0.2) is 33.0 Å². The Morgan fingerprint density at radius 1 is 1.09 bits per heavy atom. The topological polar surface area (TPSA) is 69.0 Å². The van der Waals surface area contributed by atoms with Crippen molar-refractivity contribution in [1.82, 2.24) is 14.8 Å². The number of amides is 1. The van der Waals surface area contributed by atoms with Gasteiger partial charge in [-0.1, -0.05) is 23.9 Å². The quantitative estimate of drug-likeness (QED) is 0.337. The Morgan fingerprint density at radius 3 is 2.59 bits per heavy atom. The molecule has 4 rings (SSSR count). The molecule has 8 heteroatoms. The number of carbonyl (C=O) groups excluding carboxylic acids is 1. The Morgan fingerprint density at radius 2 is 1.91 bits per heavy atom. The van der Waals surface area contributed by atoms with E-state index in [0.29, 0.717) is 11.8 Å². The summed E-state index contributed by atoms with van der Waals surface area (Å²) in [6, 6.07) is 17.7. The molecule has 2 aromatic carbocycles. The summed E-state index contributed by atoms with van der Waals surface area (Å²) in [5.74, 6) is 1.70. The third kappa shape index (κ3) is 5.03. The van der Waals surface area contributed by atoms with Gasteiger partial charge in [0.25, 0.3) is 0 Å². The van der Waals surface area contributed by atoms with Crippen LogP contribution in [0.4, 0.5) is 5.69 Å². The largest absolute Gasteiger partial charge is 0.494 e. The summed E-state index contributed by atoms with van der Waals surface area (Å²) in [5, 5.41) is 14.4. The van der Waals surface area contributed by atoms with Crippen LogP contribution in [0.5, 0.6) is 5.75 Å². The number of rotatable bonds is 8. The van der Waals surface area contributed by atoms with Crippen molar-refractivity contribution in [3.05, 3.63) is 71.1 Å². The van der Waals surface area contributed by atoms with E-state index in [1.807, 2.05) is 78.4 Å². The number of benzene rings is 2. The first-order valence-electron chi connectivity index (χ1n) is 10.3. The van der Waals surface area contributed by atoms with Gasteiger partial charge in [0.2, 0.25) is 5.91 Å². The molecule has 1 N–H and O–H groups in total. The van der Waals surface area contributed by atoms with E-state index in [1.54, 1.807) is 11.3 Å². The average Bonchev–Trinajstić information content (AvgIpc) is 3.45. The number of thioether (sulfide) groups is 1. The molecule has 1 amide bonds. The van der Waals surface area contributed by atoms with Crippen LogP contribution in [0.25, 0.3) is 16.4 Å². The van der Waals surface area contributed by atoms with Gasteiger partial charge in [-0.2, -0.15) is 0 Å². The highest BCUT2D eigenvalue weighted by Crippen LogP contribution is 2.31. The summed E-state index contributed by atoms with van der Waals surface area (Å²) in [6.07, 6.45) is 0.